The number of pyridine rings is 1. The summed E-state index contributed by atoms with van der Waals surface area (Å²) in [6.07, 6.45) is 1.67. The number of carboxylic acids is 1. The summed E-state index contributed by atoms with van der Waals surface area (Å²) in [5.41, 5.74) is -0.460. The second-order valence-corrected chi connectivity index (χ2v) is 3.72. The van der Waals surface area contributed by atoms with Gasteiger partial charge >= 0.3 is 5.97 Å². The molecule has 0 saturated carbocycles. The van der Waals surface area contributed by atoms with E-state index in [1.165, 1.54) is 17.8 Å². The summed E-state index contributed by atoms with van der Waals surface area (Å²) < 4.78 is 1.33. The Labute approximate surface area is 102 Å². The summed E-state index contributed by atoms with van der Waals surface area (Å²) in [5.74, 6) is -1.32. The van der Waals surface area contributed by atoms with Crippen LogP contribution in [0, 0.1) is 0 Å². The lowest BCUT2D eigenvalue weighted by Gasteiger charge is -2.18. The summed E-state index contributed by atoms with van der Waals surface area (Å²) in [4.78, 5) is 33.7. The Bertz CT molecular complexity index is 690. The topological polar surface area (TPSA) is 79.6 Å². The molecule has 0 unspecified atom stereocenters. The van der Waals surface area contributed by atoms with Crippen LogP contribution in [0.3, 0.4) is 0 Å². The van der Waals surface area contributed by atoms with Gasteiger partial charge in [-0.2, -0.15) is 0 Å². The maximum Gasteiger partial charge on any atom is 0.341 e. The van der Waals surface area contributed by atoms with Crippen molar-refractivity contribution >= 4 is 23.3 Å². The van der Waals surface area contributed by atoms with Crippen molar-refractivity contribution in [1.82, 2.24) is 4.68 Å². The second-order valence-electron chi connectivity index (χ2n) is 3.72. The molecule has 0 fully saturated rings. The molecule has 0 aliphatic rings. The minimum Gasteiger partial charge on any atom is -0.477 e. The summed E-state index contributed by atoms with van der Waals surface area (Å²) in [5, 5.41) is 10.4. The quantitative estimate of drug-likeness (QED) is 0.796. The van der Waals surface area contributed by atoms with E-state index in [9.17, 15) is 14.4 Å². The summed E-state index contributed by atoms with van der Waals surface area (Å²) in [6.45, 7) is 0. The monoisotopic (exact) mass is 246 g/mol. The van der Waals surface area contributed by atoms with Gasteiger partial charge in [0.05, 0.1) is 5.52 Å². The third-order valence-electron chi connectivity index (χ3n) is 2.61. The highest BCUT2D eigenvalue weighted by Crippen LogP contribution is 2.11. The molecule has 2 aromatic rings. The summed E-state index contributed by atoms with van der Waals surface area (Å²) in [6, 6.07) is 6.51. The zero-order valence-electron chi connectivity index (χ0n) is 9.53. The first-order valence-corrected chi connectivity index (χ1v) is 5.12. The van der Waals surface area contributed by atoms with Gasteiger partial charge in [0, 0.05) is 18.6 Å². The molecule has 1 aromatic heterocycles. The molecule has 0 spiro atoms. The fourth-order valence-electron chi connectivity index (χ4n) is 1.73. The molecule has 0 atom stereocenters. The van der Waals surface area contributed by atoms with Crippen LogP contribution in [0.2, 0.25) is 0 Å². The van der Waals surface area contributed by atoms with Crippen LogP contribution >= 0.6 is 0 Å². The number of hydrogen-bond donors (Lipinski definition) is 1. The molecule has 0 aliphatic carbocycles. The molecule has 1 amide bonds. The Morgan fingerprint density at radius 2 is 2.06 bits per heavy atom. The molecule has 1 N–H and O–H groups in total. The van der Waals surface area contributed by atoms with Crippen molar-refractivity contribution in [3.05, 3.63) is 46.2 Å². The number of fused-ring (bicyclic) bond motifs is 1. The average Bonchev–Trinajstić information content (AvgIpc) is 2.38. The van der Waals surface area contributed by atoms with E-state index in [-0.39, 0.29) is 10.9 Å². The van der Waals surface area contributed by atoms with Crippen LogP contribution in [0.15, 0.2) is 35.3 Å². The molecule has 0 bridgehead atoms. The van der Waals surface area contributed by atoms with Gasteiger partial charge in [0.25, 0.3) is 0 Å². The van der Waals surface area contributed by atoms with Crippen LogP contribution in [0.1, 0.15) is 10.4 Å². The molecular formula is C12H10N2O4. The number of para-hydroxylation sites is 1. The molecular weight excluding hydrogens is 236 g/mol. The Morgan fingerprint density at radius 1 is 1.39 bits per heavy atom. The number of carbonyl (C=O) groups excluding carboxylic acids is 1. The zero-order chi connectivity index (χ0) is 13.3. The Hall–Kier alpha value is -2.63. The predicted molar refractivity (Wildman–Crippen MR) is 65.4 cm³/mol. The number of aromatic nitrogens is 1. The molecule has 18 heavy (non-hydrogen) atoms. The van der Waals surface area contributed by atoms with Crippen LogP contribution < -0.4 is 10.4 Å². The van der Waals surface area contributed by atoms with Gasteiger partial charge in [-0.25, -0.2) is 4.79 Å². The lowest BCUT2D eigenvalue weighted by atomic mass is 10.1. The van der Waals surface area contributed by atoms with E-state index in [0.717, 1.165) is 11.2 Å². The van der Waals surface area contributed by atoms with E-state index in [0.29, 0.717) is 11.9 Å². The van der Waals surface area contributed by atoms with E-state index in [2.05, 4.69) is 0 Å². The van der Waals surface area contributed by atoms with E-state index >= 15 is 0 Å². The Kier molecular flexibility index (Phi) is 2.85. The van der Waals surface area contributed by atoms with Crippen LogP contribution in [-0.4, -0.2) is 29.2 Å². The third kappa shape index (κ3) is 1.73. The van der Waals surface area contributed by atoms with Crippen LogP contribution in [0.25, 0.3) is 10.9 Å². The molecule has 2 rings (SSSR count). The fraction of sp³-hybridized carbons (Fsp3) is 0.0833. The SMILES string of the molecule is CN(C=O)n1cc(C(=O)O)c(=O)c2ccccc21. The van der Waals surface area contributed by atoms with Crippen LogP contribution in [0.5, 0.6) is 0 Å². The van der Waals surface area contributed by atoms with Crippen molar-refractivity contribution in [3.8, 4) is 0 Å². The molecule has 0 saturated heterocycles. The molecule has 1 aromatic carbocycles. The van der Waals surface area contributed by atoms with Gasteiger partial charge in [-0.15, -0.1) is 0 Å². The number of hydrogen-bond acceptors (Lipinski definition) is 3. The molecule has 1 heterocycles. The predicted octanol–water partition coefficient (Wildman–Crippen LogP) is 0.424. The van der Waals surface area contributed by atoms with Gasteiger partial charge < -0.3 is 5.11 Å². The number of benzene rings is 1. The second kappa shape index (κ2) is 4.33. The largest absolute Gasteiger partial charge is 0.477 e. The standard InChI is InChI=1S/C12H10N2O4/c1-13(7-15)14-6-9(12(17)18)11(16)8-4-2-3-5-10(8)14/h2-7H,1H3,(H,17,18). The Balaban J connectivity index is 2.93. The van der Waals surface area contributed by atoms with E-state index in [4.69, 9.17) is 5.11 Å². The van der Waals surface area contributed by atoms with E-state index < -0.39 is 11.4 Å². The van der Waals surface area contributed by atoms with E-state index in [1.54, 1.807) is 18.2 Å². The first-order chi connectivity index (χ1) is 8.56. The van der Waals surface area contributed by atoms with Crippen LogP contribution in [0.4, 0.5) is 0 Å². The minimum absolute atomic E-state index is 0.256. The van der Waals surface area contributed by atoms with Gasteiger partial charge in [0.2, 0.25) is 11.8 Å². The highest BCUT2D eigenvalue weighted by Gasteiger charge is 2.15. The molecule has 0 radical (unpaired) electrons. The van der Waals surface area contributed by atoms with Crippen molar-refractivity contribution < 1.29 is 14.7 Å². The van der Waals surface area contributed by atoms with E-state index in [1.807, 2.05) is 0 Å². The maximum absolute atomic E-state index is 11.9. The van der Waals surface area contributed by atoms with Gasteiger partial charge in [-0.1, -0.05) is 12.1 Å². The fourth-order valence-corrected chi connectivity index (χ4v) is 1.73. The van der Waals surface area contributed by atoms with Gasteiger partial charge in [-0.05, 0) is 12.1 Å². The van der Waals surface area contributed by atoms with Crippen molar-refractivity contribution in [3.63, 3.8) is 0 Å². The third-order valence-corrected chi connectivity index (χ3v) is 2.61. The molecule has 6 heteroatoms. The normalized spacial score (nSPS) is 10.3. The van der Waals surface area contributed by atoms with Crippen LogP contribution in [-0.2, 0) is 4.79 Å². The molecule has 0 aliphatic heterocycles. The number of nitrogens with zero attached hydrogens (tertiary/aromatic N) is 2. The first kappa shape index (κ1) is 11.8. The van der Waals surface area contributed by atoms with Crippen molar-refractivity contribution in [1.29, 1.82) is 0 Å². The van der Waals surface area contributed by atoms with Gasteiger partial charge in [0.1, 0.15) is 5.56 Å². The lowest BCUT2D eigenvalue weighted by Crippen LogP contribution is -2.31. The number of carboxylic acid groups (broad SMARTS) is 1. The maximum atomic E-state index is 11.9. The molecule has 92 valence electrons. The average molecular weight is 246 g/mol. The van der Waals surface area contributed by atoms with Gasteiger partial charge in [0.15, 0.2) is 0 Å². The smallest absolute Gasteiger partial charge is 0.341 e. The highest BCUT2D eigenvalue weighted by atomic mass is 16.4. The van der Waals surface area contributed by atoms with Crippen molar-refractivity contribution in [2.75, 3.05) is 12.1 Å². The minimum atomic E-state index is -1.32. The van der Waals surface area contributed by atoms with Crippen molar-refractivity contribution in [2.45, 2.75) is 0 Å². The van der Waals surface area contributed by atoms with Gasteiger partial charge in [-0.3, -0.25) is 19.3 Å². The first-order valence-electron chi connectivity index (χ1n) is 5.12. The Morgan fingerprint density at radius 3 is 2.67 bits per heavy atom. The lowest BCUT2D eigenvalue weighted by molar-refractivity contribution is -0.108. The number of carbonyl (C=O) groups is 2. The van der Waals surface area contributed by atoms with Crippen molar-refractivity contribution in [2.24, 2.45) is 0 Å². The highest BCUT2D eigenvalue weighted by molar-refractivity contribution is 5.93. The number of amides is 1. The number of rotatable bonds is 3. The molecule has 6 nitrogen and oxygen atoms in total. The summed E-state index contributed by atoms with van der Waals surface area (Å²) in [7, 11) is 1.47. The number of aromatic carboxylic acids is 1. The zero-order valence-corrected chi connectivity index (χ0v) is 9.53. The summed E-state index contributed by atoms with van der Waals surface area (Å²) >= 11 is 0.